The molecule has 0 aliphatic rings. The summed E-state index contributed by atoms with van der Waals surface area (Å²) in [6.45, 7) is 0. The van der Waals surface area contributed by atoms with Crippen LogP contribution < -0.4 is 0 Å². The maximum atomic E-state index is 12.9. The lowest BCUT2D eigenvalue weighted by molar-refractivity contribution is 0.621. The van der Waals surface area contributed by atoms with E-state index < -0.39 is 5.82 Å². The van der Waals surface area contributed by atoms with Crippen LogP contribution in [-0.4, -0.2) is 0 Å². The Bertz CT molecular complexity index is 431. The molecule has 1 aromatic carbocycles. The SMILES string of the molecule is N#Cc1cc(Br)c(F)cc1N=[N+]=[N-]. The number of halogens is 2. The number of nitrogens with zero attached hydrogens (tertiary/aromatic N) is 4. The molecule has 0 radical (unpaired) electrons. The van der Waals surface area contributed by atoms with Gasteiger partial charge in [0.2, 0.25) is 0 Å². The summed E-state index contributed by atoms with van der Waals surface area (Å²) in [7, 11) is 0. The molecule has 6 heteroatoms. The molecule has 0 aliphatic heterocycles. The van der Waals surface area contributed by atoms with Crippen LogP contribution in [0.1, 0.15) is 5.56 Å². The van der Waals surface area contributed by atoms with E-state index in [0.717, 1.165) is 6.07 Å². The molecule has 0 aliphatic carbocycles. The molecule has 0 atom stereocenters. The fourth-order valence-corrected chi connectivity index (χ4v) is 1.10. The van der Waals surface area contributed by atoms with Crippen LogP contribution in [0.2, 0.25) is 0 Å². The van der Waals surface area contributed by atoms with Crippen LogP contribution in [0.15, 0.2) is 21.7 Å². The quantitative estimate of drug-likeness (QED) is 0.421. The van der Waals surface area contributed by atoms with Crippen molar-refractivity contribution < 1.29 is 4.39 Å². The summed E-state index contributed by atoms with van der Waals surface area (Å²) in [6, 6.07) is 4.05. The number of benzene rings is 1. The van der Waals surface area contributed by atoms with Crippen molar-refractivity contribution in [3.63, 3.8) is 0 Å². The Morgan fingerprint density at radius 3 is 2.85 bits per heavy atom. The Labute approximate surface area is 81.4 Å². The van der Waals surface area contributed by atoms with Crippen molar-refractivity contribution in [2.24, 2.45) is 5.11 Å². The van der Waals surface area contributed by atoms with E-state index in [-0.39, 0.29) is 15.7 Å². The maximum Gasteiger partial charge on any atom is 0.137 e. The predicted molar refractivity (Wildman–Crippen MR) is 47.6 cm³/mol. The highest BCUT2D eigenvalue weighted by Gasteiger charge is 2.05. The van der Waals surface area contributed by atoms with Gasteiger partial charge in [0.05, 0.1) is 21.8 Å². The molecular formula is C7H2BrFN4. The van der Waals surface area contributed by atoms with Gasteiger partial charge in [-0.2, -0.15) is 5.26 Å². The molecule has 0 amide bonds. The normalized spacial score (nSPS) is 8.69. The molecule has 1 rings (SSSR count). The average Bonchev–Trinajstić information content (AvgIpc) is 2.11. The van der Waals surface area contributed by atoms with Gasteiger partial charge in [-0.1, -0.05) is 5.11 Å². The van der Waals surface area contributed by atoms with Gasteiger partial charge in [-0.05, 0) is 33.6 Å². The third-order valence-corrected chi connectivity index (χ3v) is 1.92. The summed E-state index contributed by atoms with van der Waals surface area (Å²) < 4.78 is 13.0. The highest BCUT2D eigenvalue weighted by Crippen LogP contribution is 2.26. The number of nitriles is 1. The van der Waals surface area contributed by atoms with Crippen LogP contribution >= 0.6 is 15.9 Å². The molecule has 4 nitrogen and oxygen atoms in total. The summed E-state index contributed by atoms with van der Waals surface area (Å²) in [5.41, 5.74) is 8.24. The van der Waals surface area contributed by atoms with Crippen molar-refractivity contribution in [1.82, 2.24) is 0 Å². The second kappa shape index (κ2) is 3.90. The monoisotopic (exact) mass is 240 g/mol. The average molecular weight is 241 g/mol. The smallest absolute Gasteiger partial charge is 0.137 e. The molecular weight excluding hydrogens is 239 g/mol. The summed E-state index contributed by atoms with van der Waals surface area (Å²) in [6.07, 6.45) is 0. The Kier molecular flexibility index (Phi) is 2.85. The number of hydrogen-bond donors (Lipinski definition) is 0. The first-order chi connectivity index (χ1) is 6.19. The van der Waals surface area contributed by atoms with E-state index in [1.807, 2.05) is 0 Å². The minimum atomic E-state index is -0.568. The molecule has 0 aromatic heterocycles. The third kappa shape index (κ3) is 1.96. The maximum absolute atomic E-state index is 12.9. The van der Waals surface area contributed by atoms with Crippen molar-refractivity contribution in [3.05, 3.63) is 38.4 Å². The van der Waals surface area contributed by atoms with Crippen LogP contribution in [0.25, 0.3) is 10.4 Å². The summed E-state index contributed by atoms with van der Waals surface area (Å²) in [4.78, 5) is 2.48. The van der Waals surface area contributed by atoms with Crippen LogP contribution in [0, 0.1) is 17.1 Å². The minimum Gasteiger partial charge on any atom is -0.206 e. The number of rotatable bonds is 1. The van der Waals surface area contributed by atoms with E-state index in [1.165, 1.54) is 6.07 Å². The summed E-state index contributed by atoms with van der Waals surface area (Å²) >= 11 is 2.91. The largest absolute Gasteiger partial charge is 0.206 e. The molecule has 0 bridgehead atoms. The first kappa shape index (κ1) is 9.52. The lowest BCUT2D eigenvalue weighted by Gasteiger charge is -1.98. The third-order valence-electron chi connectivity index (χ3n) is 1.31. The number of azide groups is 1. The minimum absolute atomic E-state index is 0.00861. The lowest BCUT2D eigenvalue weighted by atomic mass is 10.2. The summed E-state index contributed by atoms with van der Waals surface area (Å²) in [5.74, 6) is -0.568. The molecule has 0 saturated carbocycles. The van der Waals surface area contributed by atoms with Gasteiger partial charge in [-0.25, -0.2) is 4.39 Å². The van der Waals surface area contributed by atoms with E-state index in [4.69, 9.17) is 10.8 Å². The molecule has 1 aromatic rings. The molecule has 0 fully saturated rings. The van der Waals surface area contributed by atoms with Gasteiger partial charge in [0.25, 0.3) is 0 Å². The van der Waals surface area contributed by atoms with Crippen LogP contribution in [0.3, 0.4) is 0 Å². The summed E-state index contributed by atoms with van der Waals surface area (Å²) in [5, 5.41) is 11.8. The van der Waals surface area contributed by atoms with E-state index >= 15 is 0 Å². The zero-order chi connectivity index (χ0) is 9.84. The first-order valence-electron chi connectivity index (χ1n) is 3.13. The topological polar surface area (TPSA) is 72.5 Å². The van der Waals surface area contributed by atoms with E-state index in [2.05, 4.69) is 26.0 Å². The molecule has 0 spiro atoms. The Hall–Kier alpha value is -1.57. The lowest BCUT2D eigenvalue weighted by Crippen LogP contribution is -1.81. The molecule has 13 heavy (non-hydrogen) atoms. The van der Waals surface area contributed by atoms with Crippen molar-refractivity contribution in [2.45, 2.75) is 0 Å². The van der Waals surface area contributed by atoms with E-state index in [1.54, 1.807) is 6.07 Å². The highest BCUT2D eigenvalue weighted by molar-refractivity contribution is 9.10. The molecule has 64 valence electrons. The number of hydrogen-bond acceptors (Lipinski definition) is 2. The zero-order valence-electron chi connectivity index (χ0n) is 6.20. The van der Waals surface area contributed by atoms with E-state index in [0.29, 0.717) is 0 Å². The predicted octanol–water partition coefficient (Wildman–Crippen LogP) is 3.40. The standard InChI is InChI=1S/C7H2BrFN4/c8-5-1-4(3-10)7(12-13-11)2-6(5)9/h1-2H. The van der Waals surface area contributed by atoms with Gasteiger partial charge < -0.3 is 0 Å². The Balaban J connectivity index is 3.43. The van der Waals surface area contributed by atoms with Gasteiger partial charge in [-0.3, -0.25) is 0 Å². The second-order valence-electron chi connectivity index (χ2n) is 2.08. The molecule has 0 N–H and O–H groups in total. The van der Waals surface area contributed by atoms with Gasteiger partial charge in [0.15, 0.2) is 0 Å². The van der Waals surface area contributed by atoms with Gasteiger partial charge in [0.1, 0.15) is 5.82 Å². The Morgan fingerprint density at radius 1 is 1.62 bits per heavy atom. The van der Waals surface area contributed by atoms with Crippen LogP contribution in [0.5, 0.6) is 0 Å². The van der Waals surface area contributed by atoms with Gasteiger partial charge >= 0.3 is 0 Å². The van der Waals surface area contributed by atoms with Crippen molar-refractivity contribution in [3.8, 4) is 6.07 Å². The van der Waals surface area contributed by atoms with Gasteiger partial charge in [-0.15, -0.1) is 0 Å². The van der Waals surface area contributed by atoms with Gasteiger partial charge in [0, 0.05) is 4.91 Å². The van der Waals surface area contributed by atoms with E-state index in [9.17, 15) is 4.39 Å². The zero-order valence-corrected chi connectivity index (χ0v) is 7.79. The fraction of sp³-hybridized carbons (Fsp3) is 0. The molecule has 0 heterocycles. The first-order valence-corrected chi connectivity index (χ1v) is 3.92. The molecule has 0 unspecified atom stereocenters. The molecule has 0 saturated heterocycles. The van der Waals surface area contributed by atoms with Crippen molar-refractivity contribution in [2.75, 3.05) is 0 Å². The second-order valence-corrected chi connectivity index (χ2v) is 2.94. The van der Waals surface area contributed by atoms with Crippen molar-refractivity contribution >= 4 is 21.6 Å². The van der Waals surface area contributed by atoms with Crippen LogP contribution in [0.4, 0.5) is 10.1 Å². The Morgan fingerprint density at radius 2 is 2.31 bits per heavy atom. The fourth-order valence-electron chi connectivity index (χ4n) is 0.757. The highest BCUT2D eigenvalue weighted by atomic mass is 79.9. The van der Waals surface area contributed by atoms with Crippen molar-refractivity contribution in [1.29, 1.82) is 5.26 Å². The van der Waals surface area contributed by atoms with Crippen LogP contribution in [-0.2, 0) is 0 Å².